The number of nitrogens with zero attached hydrogens (tertiary/aromatic N) is 1. The lowest BCUT2D eigenvalue weighted by Gasteiger charge is -2.28. The van der Waals surface area contributed by atoms with E-state index in [4.69, 9.17) is 4.42 Å². The first-order valence-electron chi connectivity index (χ1n) is 7.61. The number of halogens is 3. The quantitative estimate of drug-likeness (QED) is 0.891. The molecule has 1 fully saturated rings. The zero-order valence-corrected chi connectivity index (χ0v) is 12.5. The van der Waals surface area contributed by atoms with Gasteiger partial charge in [-0.25, -0.2) is 4.98 Å². The number of aromatic nitrogens is 1. The van der Waals surface area contributed by atoms with Gasteiger partial charge in [-0.1, -0.05) is 13.8 Å². The second kappa shape index (κ2) is 6.81. The van der Waals surface area contributed by atoms with Crippen LogP contribution in [-0.4, -0.2) is 23.7 Å². The molecule has 3 nitrogen and oxygen atoms in total. The van der Waals surface area contributed by atoms with Crippen LogP contribution in [0, 0.1) is 5.92 Å². The van der Waals surface area contributed by atoms with Crippen molar-refractivity contribution in [1.82, 2.24) is 10.3 Å². The summed E-state index contributed by atoms with van der Waals surface area (Å²) in [6, 6.07) is 0.414. The molecule has 0 aromatic carbocycles. The topological polar surface area (TPSA) is 38.1 Å². The summed E-state index contributed by atoms with van der Waals surface area (Å²) >= 11 is 0. The van der Waals surface area contributed by atoms with Crippen LogP contribution in [0.5, 0.6) is 0 Å². The summed E-state index contributed by atoms with van der Waals surface area (Å²) < 4.78 is 43.6. The molecule has 2 rings (SSSR count). The molecule has 0 aliphatic heterocycles. The summed E-state index contributed by atoms with van der Waals surface area (Å²) in [7, 11) is 0. The summed E-state index contributed by atoms with van der Waals surface area (Å²) in [5.74, 6) is 0.348. The van der Waals surface area contributed by atoms with Gasteiger partial charge < -0.3 is 9.73 Å². The number of oxazole rings is 1. The van der Waals surface area contributed by atoms with E-state index in [0.29, 0.717) is 31.2 Å². The molecule has 0 unspecified atom stereocenters. The van der Waals surface area contributed by atoms with Crippen molar-refractivity contribution in [3.8, 4) is 0 Å². The van der Waals surface area contributed by atoms with Gasteiger partial charge in [0.15, 0.2) is 5.89 Å². The fraction of sp³-hybridized carbons (Fsp3) is 0.800. The summed E-state index contributed by atoms with van der Waals surface area (Å²) in [5.41, 5.74) is 0. The molecule has 1 aromatic rings. The fourth-order valence-corrected chi connectivity index (χ4v) is 2.80. The van der Waals surface area contributed by atoms with E-state index in [2.05, 4.69) is 24.1 Å². The van der Waals surface area contributed by atoms with Crippen LogP contribution in [0.3, 0.4) is 0 Å². The van der Waals surface area contributed by atoms with Gasteiger partial charge in [0, 0.05) is 24.9 Å². The lowest BCUT2D eigenvalue weighted by molar-refractivity contribution is -0.182. The van der Waals surface area contributed by atoms with Gasteiger partial charge in [-0.05, 0) is 25.7 Å². The first-order chi connectivity index (χ1) is 9.86. The van der Waals surface area contributed by atoms with E-state index in [9.17, 15) is 13.2 Å². The highest BCUT2D eigenvalue weighted by atomic mass is 19.4. The molecule has 0 radical (unpaired) electrons. The molecule has 0 spiro atoms. The van der Waals surface area contributed by atoms with E-state index < -0.39 is 12.1 Å². The Hall–Kier alpha value is -1.04. The van der Waals surface area contributed by atoms with Gasteiger partial charge in [0.05, 0.1) is 12.1 Å². The van der Waals surface area contributed by atoms with Gasteiger partial charge in [0.1, 0.15) is 5.76 Å². The number of nitrogens with one attached hydrogen (secondary N) is 1. The van der Waals surface area contributed by atoms with E-state index in [0.717, 1.165) is 12.3 Å². The van der Waals surface area contributed by atoms with Gasteiger partial charge in [-0.3, -0.25) is 0 Å². The Morgan fingerprint density at radius 2 is 1.95 bits per heavy atom. The van der Waals surface area contributed by atoms with Crippen molar-refractivity contribution in [1.29, 1.82) is 0 Å². The first kappa shape index (κ1) is 16.3. The molecular formula is C15H23F3N2O. The van der Waals surface area contributed by atoms with Crippen LogP contribution in [-0.2, 0) is 6.42 Å². The molecule has 1 saturated carbocycles. The molecular weight excluding hydrogens is 281 g/mol. The smallest absolute Gasteiger partial charge is 0.391 e. The summed E-state index contributed by atoms with van der Waals surface area (Å²) in [6.45, 7) is 4.93. The van der Waals surface area contributed by atoms with Crippen LogP contribution in [0.25, 0.3) is 0 Å². The second-order valence-corrected chi connectivity index (χ2v) is 6.11. The van der Waals surface area contributed by atoms with Crippen molar-refractivity contribution < 1.29 is 17.6 Å². The lowest BCUT2D eigenvalue weighted by atomic mass is 9.81. The van der Waals surface area contributed by atoms with Crippen LogP contribution in [0.1, 0.15) is 57.1 Å². The minimum atomic E-state index is -4.06. The highest BCUT2D eigenvalue weighted by Gasteiger charge is 2.42. The summed E-state index contributed by atoms with van der Waals surface area (Å²) in [6.07, 6.45) is -0.219. The monoisotopic (exact) mass is 304 g/mol. The Labute approximate surface area is 123 Å². The Morgan fingerprint density at radius 1 is 1.29 bits per heavy atom. The highest BCUT2D eigenvalue weighted by molar-refractivity contribution is 5.04. The predicted molar refractivity (Wildman–Crippen MR) is 74.1 cm³/mol. The number of alkyl halides is 3. The minimum Gasteiger partial charge on any atom is -0.445 e. The standard InChI is InChI=1S/C15H23F3N2O/c1-10(2)19-8-7-14-20-9-13(21-14)11-3-5-12(6-4-11)15(16,17)18/h9-12,19H,3-8H2,1-2H3. The minimum absolute atomic E-state index is 0.0860. The molecule has 1 N–H and O–H groups in total. The Balaban J connectivity index is 1.83. The third-order valence-corrected chi connectivity index (χ3v) is 4.06. The third-order valence-electron chi connectivity index (χ3n) is 4.06. The fourth-order valence-electron chi connectivity index (χ4n) is 2.80. The van der Waals surface area contributed by atoms with Gasteiger partial charge in [-0.15, -0.1) is 0 Å². The Bertz CT molecular complexity index is 434. The number of hydrogen-bond donors (Lipinski definition) is 1. The summed E-state index contributed by atoms with van der Waals surface area (Å²) in [4.78, 5) is 4.23. The molecule has 6 heteroatoms. The van der Waals surface area contributed by atoms with Crippen molar-refractivity contribution in [2.45, 2.75) is 64.1 Å². The van der Waals surface area contributed by atoms with E-state index in [-0.39, 0.29) is 18.8 Å². The molecule has 0 bridgehead atoms. The lowest BCUT2D eigenvalue weighted by Crippen LogP contribution is -2.27. The molecule has 120 valence electrons. The zero-order valence-electron chi connectivity index (χ0n) is 12.5. The van der Waals surface area contributed by atoms with Crippen LogP contribution in [0.2, 0.25) is 0 Å². The van der Waals surface area contributed by atoms with Gasteiger partial charge >= 0.3 is 6.18 Å². The van der Waals surface area contributed by atoms with Crippen molar-refractivity contribution >= 4 is 0 Å². The maximum Gasteiger partial charge on any atom is 0.391 e. The predicted octanol–water partition coefficient (Wildman–Crippen LogP) is 4.05. The average molecular weight is 304 g/mol. The first-order valence-corrected chi connectivity index (χ1v) is 7.61. The molecule has 1 aliphatic carbocycles. The SMILES string of the molecule is CC(C)NCCc1ncc(C2CCC(C(F)(F)F)CC2)o1. The van der Waals surface area contributed by atoms with Crippen LogP contribution in [0.15, 0.2) is 10.6 Å². The second-order valence-electron chi connectivity index (χ2n) is 6.11. The zero-order chi connectivity index (χ0) is 15.5. The van der Waals surface area contributed by atoms with Crippen molar-refractivity contribution in [2.75, 3.05) is 6.54 Å². The van der Waals surface area contributed by atoms with Crippen molar-refractivity contribution in [2.24, 2.45) is 5.92 Å². The van der Waals surface area contributed by atoms with Crippen LogP contribution >= 0.6 is 0 Å². The third kappa shape index (κ3) is 4.73. The molecule has 1 aliphatic rings. The van der Waals surface area contributed by atoms with Crippen molar-refractivity contribution in [3.05, 3.63) is 17.8 Å². The van der Waals surface area contributed by atoms with E-state index in [1.54, 1.807) is 6.20 Å². The van der Waals surface area contributed by atoms with Crippen LogP contribution in [0.4, 0.5) is 13.2 Å². The van der Waals surface area contributed by atoms with Crippen LogP contribution < -0.4 is 5.32 Å². The molecule has 0 amide bonds. The van der Waals surface area contributed by atoms with E-state index in [1.807, 2.05) is 0 Å². The molecule has 1 aromatic heterocycles. The number of rotatable bonds is 5. The molecule has 0 saturated heterocycles. The highest BCUT2D eigenvalue weighted by Crippen LogP contribution is 2.42. The number of hydrogen-bond acceptors (Lipinski definition) is 3. The van der Waals surface area contributed by atoms with Gasteiger partial charge in [0.25, 0.3) is 0 Å². The van der Waals surface area contributed by atoms with Gasteiger partial charge in [0.2, 0.25) is 0 Å². The van der Waals surface area contributed by atoms with E-state index in [1.165, 1.54) is 0 Å². The Kier molecular flexibility index (Phi) is 5.30. The molecule has 1 heterocycles. The average Bonchev–Trinajstić information content (AvgIpc) is 2.86. The Morgan fingerprint density at radius 3 is 2.52 bits per heavy atom. The largest absolute Gasteiger partial charge is 0.445 e. The maximum atomic E-state index is 12.6. The normalized spacial score (nSPS) is 23.7. The molecule has 21 heavy (non-hydrogen) atoms. The van der Waals surface area contributed by atoms with Gasteiger partial charge in [-0.2, -0.15) is 13.2 Å². The molecule has 0 atom stereocenters. The summed E-state index contributed by atoms with van der Waals surface area (Å²) in [5, 5.41) is 3.28. The maximum absolute atomic E-state index is 12.6. The van der Waals surface area contributed by atoms with Crippen molar-refractivity contribution in [3.63, 3.8) is 0 Å². The van der Waals surface area contributed by atoms with E-state index >= 15 is 0 Å².